The second-order valence-electron chi connectivity index (χ2n) is 4.89. The summed E-state index contributed by atoms with van der Waals surface area (Å²) in [6, 6.07) is 6.06. The van der Waals surface area contributed by atoms with Gasteiger partial charge in [-0.05, 0) is 72.8 Å². The van der Waals surface area contributed by atoms with Crippen LogP contribution in [0.4, 0.5) is 5.69 Å². The lowest BCUT2D eigenvalue weighted by Gasteiger charge is -2.19. The van der Waals surface area contributed by atoms with Crippen molar-refractivity contribution in [3.05, 3.63) is 27.3 Å². The van der Waals surface area contributed by atoms with Crippen LogP contribution in [-0.4, -0.2) is 43.5 Å². The maximum Gasteiger partial charge on any atom is 0.238 e. The van der Waals surface area contributed by atoms with E-state index in [1.165, 1.54) is 3.57 Å². The zero-order valence-corrected chi connectivity index (χ0v) is 14.6. The van der Waals surface area contributed by atoms with Crippen molar-refractivity contribution in [2.45, 2.75) is 13.3 Å². The second kappa shape index (κ2) is 8.81. The number of halogens is 2. The van der Waals surface area contributed by atoms with Crippen LogP contribution >= 0.6 is 35.0 Å². The number of nitrogens with one attached hydrogen (secondary N) is 2. The van der Waals surface area contributed by atoms with Gasteiger partial charge in [-0.3, -0.25) is 9.69 Å². The first-order valence-corrected chi connectivity index (χ1v) is 7.72. The molecule has 1 heterocycles. The first-order valence-electron chi connectivity index (χ1n) is 6.64. The van der Waals surface area contributed by atoms with Crippen molar-refractivity contribution in [1.29, 1.82) is 0 Å². The molecule has 1 fully saturated rings. The maximum atomic E-state index is 12.1. The van der Waals surface area contributed by atoms with Crippen molar-refractivity contribution in [2.24, 2.45) is 0 Å². The van der Waals surface area contributed by atoms with Crippen molar-refractivity contribution in [2.75, 3.05) is 38.0 Å². The smallest absolute Gasteiger partial charge is 0.238 e. The second-order valence-corrected chi connectivity index (χ2v) is 6.13. The Kier molecular flexibility index (Phi) is 7.79. The van der Waals surface area contributed by atoms with E-state index in [2.05, 4.69) is 44.2 Å². The molecule has 1 amide bonds. The molecule has 0 bridgehead atoms. The third kappa shape index (κ3) is 5.55. The predicted octanol–water partition coefficient (Wildman–Crippen LogP) is 2.26. The number of rotatable bonds is 3. The summed E-state index contributed by atoms with van der Waals surface area (Å²) in [5, 5.41) is 6.34. The van der Waals surface area contributed by atoms with E-state index in [0.717, 1.165) is 43.9 Å². The molecule has 1 saturated heterocycles. The van der Waals surface area contributed by atoms with E-state index >= 15 is 0 Å². The van der Waals surface area contributed by atoms with Gasteiger partial charge in [0.2, 0.25) is 5.91 Å². The molecule has 1 aliphatic rings. The Labute approximate surface area is 140 Å². The van der Waals surface area contributed by atoms with Gasteiger partial charge in [0.05, 0.1) is 6.54 Å². The third-order valence-electron chi connectivity index (χ3n) is 3.26. The van der Waals surface area contributed by atoms with Gasteiger partial charge in [-0.25, -0.2) is 0 Å². The van der Waals surface area contributed by atoms with Crippen molar-refractivity contribution >= 4 is 46.6 Å². The van der Waals surface area contributed by atoms with Crippen LogP contribution in [-0.2, 0) is 4.79 Å². The summed E-state index contributed by atoms with van der Waals surface area (Å²) in [4.78, 5) is 14.3. The minimum Gasteiger partial charge on any atom is -0.325 e. The van der Waals surface area contributed by atoms with Crippen molar-refractivity contribution in [3.63, 3.8) is 0 Å². The molecule has 4 nitrogen and oxygen atoms in total. The van der Waals surface area contributed by atoms with Crippen LogP contribution in [0.1, 0.15) is 12.0 Å². The number of aryl methyl sites for hydroxylation is 1. The molecular weight excluding hydrogens is 389 g/mol. The van der Waals surface area contributed by atoms with Crippen molar-refractivity contribution < 1.29 is 4.79 Å². The average Bonchev–Trinajstić information content (AvgIpc) is 2.61. The molecular formula is C14H21ClIN3O. The van der Waals surface area contributed by atoms with Gasteiger partial charge in [-0.2, -0.15) is 0 Å². The highest BCUT2D eigenvalue weighted by molar-refractivity contribution is 14.1. The minimum absolute atomic E-state index is 0. The Morgan fingerprint density at radius 3 is 2.95 bits per heavy atom. The Hall–Kier alpha value is -0.370. The summed E-state index contributed by atoms with van der Waals surface area (Å²) in [5.74, 6) is 0.0752. The lowest BCUT2D eigenvalue weighted by atomic mass is 10.2. The standard InChI is InChI=1S/C14H20IN3O.ClH/c1-11-9-12(15)3-4-13(11)17-14(19)10-18-7-2-5-16-6-8-18;/h3-4,9,16H,2,5-8,10H2,1H3,(H,17,19);1H. The number of hydrogen-bond donors (Lipinski definition) is 2. The van der Waals surface area contributed by atoms with Gasteiger partial charge in [0.15, 0.2) is 0 Å². The highest BCUT2D eigenvalue weighted by Crippen LogP contribution is 2.17. The summed E-state index contributed by atoms with van der Waals surface area (Å²) in [5.41, 5.74) is 2.02. The van der Waals surface area contributed by atoms with Gasteiger partial charge in [-0.1, -0.05) is 0 Å². The van der Waals surface area contributed by atoms with Crippen LogP contribution in [0, 0.1) is 10.5 Å². The SMILES string of the molecule is Cc1cc(I)ccc1NC(=O)CN1CCCNCC1.Cl. The van der Waals surface area contributed by atoms with E-state index in [-0.39, 0.29) is 18.3 Å². The van der Waals surface area contributed by atoms with E-state index in [0.29, 0.717) is 6.54 Å². The molecule has 112 valence electrons. The van der Waals surface area contributed by atoms with Gasteiger partial charge >= 0.3 is 0 Å². The fourth-order valence-corrected chi connectivity index (χ4v) is 2.87. The Balaban J connectivity index is 0.00000200. The van der Waals surface area contributed by atoms with Crippen LogP contribution in [0.3, 0.4) is 0 Å². The Morgan fingerprint density at radius 1 is 1.40 bits per heavy atom. The monoisotopic (exact) mass is 409 g/mol. The van der Waals surface area contributed by atoms with Crippen LogP contribution in [0.25, 0.3) is 0 Å². The van der Waals surface area contributed by atoms with E-state index in [4.69, 9.17) is 0 Å². The van der Waals surface area contributed by atoms with E-state index in [1.54, 1.807) is 0 Å². The molecule has 0 atom stereocenters. The van der Waals surface area contributed by atoms with Crippen LogP contribution < -0.4 is 10.6 Å². The molecule has 0 spiro atoms. The summed E-state index contributed by atoms with van der Waals surface area (Å²) >= 11 is 2.28. The first-order chi connectivity index (χ1) is 9.15. The molecule has 0 aromatic heterocycles. The minimum atomic E-state index is 0. The molecule has 1 aliphatic heterocycles. The zero-order valence-electron chi connectivity index (χ0n) is 11.6. The fraction of sp³-hybridized carbons (Fsp3) is 0.500. The largest absolute Gasteiger partial charge is 0.325 e. The number of carbonyl (C=O) groups excluding carboxylic acids is 1. The van der Waals surface area contributed by atoms with Gasteiger partial charge in [0, 0.05) is 22.3 Å². The van der Waals surface area contributed by atoms with Crippen molar-refractivity contribution in [3.8, 4) is 0 Å². The van der Waals surface area contributed by atoms with Crippen LogP contribution in [0.15, 0.2) is 18.2 Å². The Bertz CT molecular complexity index is 448. The number of hydrogen-bond acceptors (Lipinski definition) is 3. The van der Waals surface area contributed by atoms with Crippen LogP contribution in [0.5, 0.6) is 0 Å². The van der Waals surface area contributed by atoms with E-state index in [9.17, 15) is 4.79 Å². The summed E-state index contributed by atoms with van der Waals surface area (Å²) in [7, 11) is 0. The van der Waals surface area contributed by atoms with Crippen LogP contribution in [0.2, 0.25) is 0 Å². The Morgan fingerprint density at radius 2 is 2.20 bits per heavy atom. The molecule has 6 heteroatoms. The molecule has 2 rings (SSSR count). The fourth-order valence-electron chi connectivity index (χ4n) is 2.22. The van der Waals surface area contributed by atoms with Gasteiger partial charge in [0.25, 0.3) is 0 Å². The van der Waals surface area contributed by atoms with Gasteiger partial charge < -0.3 is 10.6 Å². The summed E-state index contributed by atoms with van der Waals surface area (Å²) in [6.45, 7) is 6.45. The number of anilines is 1. The predicted molar refractivity (Wildman–Crippen MR) is 93.7 cm³/mol. The third-order valence-corrected chi connectivity index (χ3v) is 3.93. The molecule has 0 unspecified atom stereocenters. The topological polar surface area (TPSA) is 44.4 Å². The van der Waals surface area contributed by atoms with Gasteiger partial charge in [-0.15, -0.1) is 12.4 Å². The molecule has 0 aliphatic carbocycles. The quantitative estimate of drug-likeness (QED) is 0.753. The molecule has 2 N–H and O–H groups in total. The number of nitrogens with zero attached hydrogens (tertiary/aromatic N) is 1. The number of amides is 1. The lowest BCUT2D eigenvalue weighted by Crippen LogP contribution is -2.35. The zero-order chi connectivity index (χ0) is 13.7. The molecule has 0 saturated carbocycles. The highest BCUT2D eigenvalue weighted by atomic mass is 127. The normalized spacial score (nSPS) is 16.1. The lowest BCUT2D eigenvalue weighted by molar-refractivity contribution is -0.117. The molecule has 0 radical (unpaired) electrons. The summed E-state index contributed by atoms with van der Waals surface area (Å²) < 4.78 is 1.19. The molecule has 20 heavy (non-hydrogen) atoms. The average molecular weight is 410 g/mol. The van der Waals surface area contributed by atoms with E-state index in [1.807, 2.05) is 19.1 Å². The van der Waals surface area contributed by atoms with Gasteiger partial charge in [0.1, 0.15) is 0 Å². The highest BCUT2D eigenvalue weighted by Gasteiger charge is 2.13. The number of carbonyl (C=O) groups is 1. The maximum absolute atomic E-state index is 12.1. The van der Waals surface area contributed by atoms with E-state index < -0.39 is 0 Å². The first kappa shape index (κ1) is 17.7. The summed E-state index contributed by atoms with van der Waals surface area (Å²) in [6.07, 6.45) is 1.11. The number of benzene rings is 1. The molecule has 1 aromatic carbocycles. The molecule has 1 aromatic rings. The van der Waals surface area contributed by atoms with Crippen molar-refractivity contribution in [1.82, 2.24) is 10.2 Å².